The first-order valence-electron chi connectivity index (χ1n) is 10.5. The Labute approximate surface area is 192 Å². The summed E-state index contributed by atoms with van der Waals surface area (Å²) >= 11 is 0. The second-order valence-corrected chi connectivity index (χ2v) is 7.66. The number of ether oxygens (including phenoxy) is 3. The molecule has 1 atom stereocenters. The molecule has 0 amide bonds. The zero-order chi connectivity index (χ0) is 19.6. The van der Waals surface area contributed by atoms with Gasteiger partial charge < -0.3 is 24.4 Å². The molecule has 0 aliphatic carbocycles. The van der Waals surface area contributed by atoms with Gasteiger partial charge >= 0.3 is 0 Å². The molecule has 0 radical (unpaired) electrons. The van der Waals surface area contributed by atoms with E-state index in [0.717, 1.165) is 58.1 Å². The van der Waals surface area contributed by atoms with Crippen molar-refractivity contribution in [2.24, 2.45) is 4.99 Å². The fourth-order valence-corrected chi connectivity index (χ4v) is 3.85. The van der Waals surface area contributed by atoms with E-state index in [1.54, 1.807) is 7.11 Å². The van der Waals surface area contributed by atoms with Gasteiger partial charge in [-0.3, -0.25) is 4.99 Å². The van der Waals surface area contributed by atoms with Crippen LogP contribution >= 0.6 is 24.0 Å². The molecule has 1 unspecified atom stereocenters. The van der Waals surface area contributed by atoms with Crippen molar-refractivity contribution in [1.82, 2.24) is 10.2 Å². The molecule has 2 aliphatic heterocycles. The highest BCUT2D eigenvalue weighted by atomic mass is 127. The second kappa shape index (κ2) is 13.4. The number of nitrogens with zero attached hydrogens (tertiary/aromatic N) is 2. The molecule has 1 N–H and O–H groups in total. The molecule has 3 rings (SSSR count). The second-order valence-electron chi connectivity index (χ2n) is 7.66. The summed E-state index contributed by atoms with van der Waals surface area (Å²) in [5.74, 6) is 0.968. The maximum absolute atomic E-state index is 6.12. The summed E-state index contributed by atoms with van der Waals surface area (Å²) in [6.45, 7) is 5.01. The number of benzene rings is 1. The zero-order valence-electron chi connectivity index (χ0n) is 17.8. The molecule has 7 heteroatoms. The number of piperidine rings is 1. The SMILES string of the molecule is CN=C(NCc1ccc(COC)cc1)N1CCC(OCC2CCCCO2)CC1.I. The predicted octanol–water partition coefficient (Wildman–Crippen LogP) is 3.58. The number of guanidine groups is 1. The van der Waals surface area contributed by atoms with Crippen molar-refractivity contribution in [3.63, 3.8) is 0 Å². The summed E-state index contributed by atoms with van der Waals surface area (Å²) in [7, 11) is 3.57. The summed E-state index contributed by atoms with van der Waals surface area (Å²) in [6.07, 6.45) is 6.33. The lowest BCUT2D eigenvalue weighted by atomic mass is 10.1. The fourth-order valence-electron chi connectivity index (χ4n) is 3.85. The van der Waals surface area contributed by atoms with Crippen LogP contribution in [0.2, 0.25) is 0 Å². The average molecular weight is 517 g/mol. The minimum Gasteiger partial charge on any atom is -0.380 e. The minimum atomic E-state index is 0. The summed E-state index contributed by atoms with van der Waals surface area (Å²) in [5.41, 5.74) is 2.43. The lowest BCUT2D eigenvalue weighted by molar-refractivity contribution is -0.0721. The van der Waals surface area contributed by atoms with Crippen molar-refractivity contribution >= 4 is 29.9 Å². The third-order valence-electron chi connectivity index (χ3n) is 5.53. The third kappa shape index (κ3) is 8.03. The lowest BCUT2D eigenvalue weighted by Gasteiger charge is -2.35. The van der Waals surface area contributed by atoms with E-state index in [0.29, 0.717) is 18.8 Å². The van der Waals surface area contributed by atoms with Crippen LogP contribution in [0, 0.1) is 0 Å². The molecule has 2 heterocycles. The van der Waals surface area contributed by atoms with Crippen LogP contribution < -0.4 is 5.32 Å². The van der Waals surface area contributed by atoms with E-state index in [1.165, 1.54) is 24.0 Å². The fraction of sp³-hybridized carbons (Fsp3) is 0.682. The standard InChI is InChI=1S/C22H35N3O3.HI/c1-23-22(24-15-18-6-8-19(9-7-18)16-26-2)25-12-10-20(11-13-25)28-17-21-5-3-4-14-27-21;/h6-9,20-21H,3-5,10-17H2,1-2H3,(H,23,24);1H. The largest absolute Gasteiger partial charge is 0.380 e. The average Bonchev–Trinajstić information content (AvgIpc) is 2.75. The Morgan fingerprint density at radius 1 is 1.14 bits per heavy atom. The molecule has 0 aromatic heterocycles. The first kappa shape index (κ1) is 24.4. The molecular weight excluding hydrogens is 481 g/mol. The number of methoxy groups -OCH3 is 1. The first-order valence-corrected chi connectivity index (χ1v) is 10.5. The van der Waals surface area contributed by atoms with E-state index in [2.05, 4.69) is 39.5 Å². The maximum atomic E-state index is 6.12. The van der Waals surface area contributed by atoms with Gasteiger partial charge in [0, 0.05) is 40.4 Å². The topological polar surface area (TPSA) is 55.3 Å². The van der Waals surface area contributed by atoms with Crippen molar-refractivity contribution in [1.29, 1.82) is 0 Å². The molecule has 6 nitrogen and oxygen atoms in total. The molecule has 1 aromatic rings. The van der Waals surface area contributed by atoms with Gasteiger partial charge in [0.25, 0.3) is 0 Å². The van der Waals surface area contributed by atoms with Crippen molar-refractivity contribution < 1.29 is 14.2 Å². The van der Waals surface area contributed by atoms with Gasteiger partial charge in [0.05, 0.1) is 25.4 Å². The van der Waals surface area contributed by atoms with Crippen LogP contribution in [0.3, 0.4) is 0 Å². The maximum Gasteiger partial charge on any atom is 0.193 e. The van der Waals surface area contributed by atoms with Crippen molar-refractivity contribution in [2.75, 3.05) is 40.5 Å². The van der Waals surface area contributed by atoms with Crippen LogP contribution in [-0.4, -0.2) is 63.5 Å². The Kier molecular flexibility index (Phi) is 11.3. The summed E-state index contributed by atoms with van der Waals surface area (Å²) < 4.78 is 17.1. The Balaban J connectivity index is 0.00000300. The summed E-state index contributed by atoms with van der Waals surface area (Å²) in [5, 5.41) is 3.49. The van der Waals surface area contributed by atoms with Gasteiger partial charge in [-0.2, -0.15) is 0 Å². The van der Waals surface area contributed by atoms with Gasteiger partial charge in [-0.05, 0) is 43.2 Å². The highest BCUT2D eigenvalue weighted by molar-refractivity contribution is 14.0. The van der Waals surface area contributed by atoms with E-state index >= 15 is 0 Å². The summed E-state index contributed by atoms with van der Waals surface area (Å²) in [6, 6.07) is 8.51. The van der Waals surface area contributed by atoms with E-state index in [9.17, 15) is 0 Å². The number of aliphatic imine (C=N–C) groups is 1. The Morgan fingerprint density at radius 2 is 1.86 bits per heavy atom. The first-order chi connectivity index (χ1) is 13.8. The normalized spacial score (nSPS) is 21.0. The van der Waals surface area contributed by atoms with Gasteiger partial charge in [-0.25, -0.2) is 0 Å². The number of nitrogens with one attached hydrogen (secondary N) is 1. The zero-order valence-corrected chi connectivity index (χ0v) is 20.1. The van der Waals surface area contributed by atoms with Crippen LogP contribution in [0.5, 0.6) is 0 Å². The van der Waals surface area contributed by atoms with Gasteiger partial charge in [0.1, 0.15) is 0 Å². The van der Waals surface area contributed by atoms with Crippen LogP contribution in [0.15, 0.2) is 29.3 Å². The number of hydrogen-bond donors (Lipinski definition) is 1. The Morgan fingerprint density at radius 3 is 2.48 bits per heavy atom. The van der Waals surface area contributed by atoms with E-state index in [1.807, 2.05) is 7.05 Å². The highest BCUT2D eigenvalue weighted by Gasteiger charge is 2.23. The number of rotatable bonds is 7. The molecule has 29 heavy (non-hydrogen) atoms. The Bertz CT molecular complexity index is 598. The third-order valence-corrected chi connectivity index (χ3v) is 5.53. The molecule has 0 saturated carbocycles. The lowest BCUT2D eigenvalue weighted by Crippen LogP contribution is -2.47. The quantitative estimate of drug-likeness (QED) is 0.341. The van der Waals surface area contributed by atoms with E-state index < -0.39 is 0 Å². The molecule has 1 aromatic carbocycles. The minimum absolute atomic E-state index is 0. The summed E-state index contributed by atoms with van der Waals surface area (Å²) in [4.78, 5) is 6.80. The van der Waals surface area contributed by atoms with Crippen molar-refractivity contribution in [2.45, 2.75) is 57.5 Å². The van der Waals surface area contributed by atoms with Gasteiger partial charge in [0.15, 0.2) is 5.96 Å². The van der Waals surface area contributed by atoms with E-state index in [4.69, 9.17) is 14.2 Å². The predicted molar refractivity (Wildman–Crippen MR) is 127 cm³/mol. The van der Waals surface area contributed by atoms with Crippen LogP contribution in [0.25, 0.3) is 0 Å². The Hall–Kier alpha value is -0.900. The number of halogens is 1. The molecule has 2 aliphatic rings. The van der Waals surface area contributed by atoms with Gasteiger partial charge in [0.2, 0.25) is 0 Å². The molecule has 2 saturated heterocycles. The van der Waals surface area contributed by atoms with Crippen molar-refractivity contribution in [3.8, 4) is 0 Å². The molecule has 164 valence electrons. The molecular formula is C22H36IN3O3. The molecule has 2 fully saturated rings. The molecule has 0 bridgehead atoms. The smallest absolute Gasteiger partial charge is 0.193 e. The van der Waals surface area contributed by atoms with E-state index in [-0.39, 0.29) is 24.0 Å². The monoisotopic (exact) mass is 517 g/mol. The van der Waals surface area contributed by atoms with Crippen LogP contribution in [0.4, 0.5) is 0 Å². The van der Waals surface area contributed by atoms with Crippen molar-refractivity contribution in [3.05, 3.63) is 35.4 Å². The van der Waals surface area contributed by atoms with Crippen LogP contribution in [0.1, 0.15) is 43.2 Å². The number of hydrogen-bond acceptors (Lipinski definition) is 4. The highest BCUT2D eigenvalue weighted by Crippen LogP contribution is 2.18. The molecule has 0 spiro atoms. The number of likely N-dealkylation sites (tertiary alicyclic amines) is 1. The van der Waals surface area contributed by atoms with Gasteiger partial charge in [-0.15, -0.1) is 24.0 Å². The van der Waals surface area contributed by atoms with Gasteiger partial charge in [-0.1, -0.05) is 24.3 Å². The van der Waals surface area contributed by atoms with Crippen LogP contribution in [-0.2, 0) is 27.4 Å².